The molecule has 3 rings (SSSR count). The van der Waals surface area contributed by atoms with E-state index in [0.29, 0.717) is 12.1 Å². The lowest BCUT2D eigenvalue weighted by Crippen LogP contribution is -2.39. The van der Waals surface area contributed by atoms with Crippen molar-refractivity contribution in [3.8, 4) is 0 Å². The van der Waals surface area contributed by atoms with Crippen LogP contribution in [0.2, 0.25) is 0 Å². The van der Waals surface area contributed by atoms with Crippen molar-refractivity contribution in [3.05, 3.63) is 65.5 Å². The first-order valence-electron chi connectivity index (χ1n) is 7.58. The Balaban J connectivity index is 1.73. The smallest absolute Gasteiger partial charge is 0.242 e. The third-order valence-electron chi connectivity index (χ3n) is 4.15. The molecule has 2 aromatic rings. The molecule has 0 fully saturated rings. The number of carbonyl (C=O) groups is 1. The van der Waals surface area contributed by atoms with Gasteiger partial charge < -0.3 is 4.90 Å². The lowest BCUT2D eigenvalue weighted by atomic mass is 10.2. The fraction of sp³-hybridized carbons (Fsp3) is 0.278. The molecule has 0 saturated heterocycles. The van der Waals surface area contributed by atoms with E-state index >= 15 is 0 Å². The number of rotatable bonds is 4. The van der Waals surface area contributed by atoms with Gasteiger partial charge in [0, 0.05) is 28.6 Å². The molecule has 2 unspecified atom stereocenters. The average Bonchev–Trinajstić information content (AvgIpc) is 2.99. The summed E-state index contributed by atoms with van der Waals surface area (Å²) < 4.78 is 26.2. The highest BCUT2D eigenvalue weighted by atomic mass is 32.2. The quantitative estimate of drug-likeness (QED) is 0.863. The van der Waals surface area contributed by atoms with Crippen LogP contribution in [0.25, 0.3) is 0 Å². The van der Waals surface area contributed by atoms with E-state index < -0.39 is 16.0 Å². The highest BCUT2D eigenvalue weighted by Crippen LogP contribution is 2.28. The van der Waals surface area contributed by atoms with Crippen LogP contribution in [-0.4, -0.2) is 21.9 Å². The summed E-state index contributed by atoms with van der Waals surface area (Å²) in [6.07, 6.45) is 0.814. The van der Waals surface area contributed by atoms with E-state index in [1.165, 1.54) is 6.07 Å². The molecule has 23 heavy (non-hydrogen) atoms. The third-order valence-corrected chi connectivity index (χ3v) is 5.74. The second kappa shape index (κ2) is 6.62. The van der Waals surface area contributed by atoms with E-state index in [1.807, 2.05) is 24.3 Å². The Bertz CT molecular complexity index is 762. The van der Waals surface area contributed by atoms with Gasteiger partial charge in [0.1, 0.15) is 11.1 Å². The largest absolute Gasteiger partial charge is 0.311 e. The Kier molecular flexibility index (Phi) is 4.57. The molecule has 1 heterocycles. The van der Waals surface area contributed by atoms with Gasteiger partial charge in [-0.05, 0) is 31.0 Å². The molecule has 3 nitrogen and oxygen atoms in total. The Hall–Kier alpha value is -2.01. The maximum absolute atomic E-state index is 13.7. The zero-order chi connectivity index (χ0) is 16.4. The summed E-state index contributed by atoms with van der Waals surface area (Å²) in [6, 6.07) is 14.0. The summed E-state index contributed by atoms with van der Waals surface area (Å²) in [4.78, 5) is 14.4. The molecular weight excluding hydrogens is 313 g/mol. The molecular formula is C18H18FNO2S. The normalized spacial score (nSPS) is 16.0. The van der Waals surface area contributed by atoms with Crippen LogP contribution in [0.3, 0.4) is 0 Å². The van der Waals surface area contributed by atoms with Crippen LogP contribution in [-0.2, 0) is 27.8 Å². The predicted octanol–water partition coefficient (Wildman–Crippen LogP) is 3.05. The van der Waals surface area contributed by atoms with Crippen molar-refractivity contribution in [2.24, 2.45) is 0 Å². The average molecular weight is 331 g/mol. The lowest BCUT2D eigenvalue weighted by molar-refractivity contribution is -0.117. The summed E-state index contributed by atoms with van der Waals surface area (Å²) >= 11 is 0. The predicted molar refractivity (Wildman–Crippen MR) is 90.2 cm³/mol. The topological polar surface area (TPSA) is 37.4 Å². The highest BCUT2D eigenvalue weighted by Gasteiger charge is 2.30. The number of halogens is 1. The minimum absolute atomic E-state index is 0.0507. The Morgan fingerprint density at radius 1 is 1.22 bits per heavy atom. The Labute approximate surface area is 137 Å². The minimum Gasteiger partial charge on any atom is -0.311 e. The van der Waals surface area contributed by atoms with Crippen LogP contribution in [0.1, 0.15) is 18.1 Å². The molecule has 0 spiro atoms. The molecule has 2 atom stereocenters. The van der Waals surface area contributed by atoms with E-state index in [4.69, 9.17) is 0 Å². The Morgan fingerprint density at radius 3 is 2.70 bits per heavy atom. The number of hydrogen-bond donors (Lipinski definition) is 0. The van der Waals surface area contributed by atoms with Crippen molar-refractivity contribution in [2.75, 3.05) is 11.4 Å². The van der Waals surface area contributed by atoms with Crippen LogP contribution < -0.4 is 4.90 Å². The van der Waals surface area contributed by atoms with Gasteiger partial charge in [0.05, 0.1) is 5.75 Å². The van der Waals surface area contributed by atoms with Gasteiger partial charge >= 0.3 is 0 Å². The van der Waals surface area contributed by atoms with Gasteiger partial charge in [0.2, 0.25) is 5.91 Å². The second-order valence-corrected chi connectivity index (χ2v) is 7.38. The fourth-order valence-electron chi connectivity index (χ4n) is 2.79. The van der Waals surface area contributed by atoms with Crippen LogP contribution in [0.5, 0.6) is 0 Å². The van der Waals surface area contributed by atoms with Gasteiger partial charge in [-0.1, -0.05) is 36.4 Å². The molecule has 120 valence electrons. The van der Waals surface area contributed by atoms with Crippen LogP contribution in [0.4, 0.5) is 10.1 Å². The van der Waals surface area contributed by atoms with Crippen LogP contribution >= 0.6 is 0 Å². The number of nitrogens with zero attached hydrogens (tertiary/aromatic N) is 1. The van der Waals surface area contributed by atoms with Crippen molar-refractivity contribution in [1.29, 1.82) is 0 Å². The van der Waals surface area contributed by atoms with Crippen molar-refractivity contribution >= 4 is 22.4 Å². The van der Waals surface area contributed by atoms with Crippen molar-refractivity contribution < 1.29 is 13.4 Å². The number of para-hydroxylation sites is 1. The minimum atomic E-state index is -1.46. The second-order valence-electron chi connectivity index (χ2n) is 5.63. The standard InChI is InChI=1S/C18H18FNO2S/c1-13(23(22)12-15-7-2-4-8-16(15)19)18(21)20-11-10-14-6-3-5-9-17(14)20/h2-9,13H,10-12H2,1H3. The molecule has 1 aliphatic heterocycles. The van der Waals surface area contributed by atoms with Crippen LogP contribution in [0.15, 0.2) is 48.5 Å². The molecule has 0 aromatic heterocycles. The lowest BCUT2D eigenvalue weighted by Gasteiger charge is -2.21. The summed E-state index contributed by atoms with van der Waals surface area (Å²) in [5, 5.41) is -0.666. The molecule has 0 saturated carbocycles. The first-order chi connectivity index (χ1) is 11.1. The molecule has 0 bridgehead atoms. The van der Waals surface area contributed by atoms with E-state index in [2.05, 4.69) is 0 Å². The van der Waals surface area contributed by atoms with Gasteiger partial charge in [0.15, 0.2) is 0 Å². The summed E-state index contributed by atoms with van der Waals surface area (Å²) in [7, 11) is -1.46. The van der Waals surface area contributed by atoms with E-state index in [0.717, 1.165) is 17.7 Å². The third kappa shape index (κ3) is 3.20. The maximum Gasteiger partial charge on any atom is 0.242 e. The molecule has 5 heteroatoms. The van der Waals surface area contributed by atoms with E-state index in [9.17, 15) is 13.4 Å². The zero-order valence-electron chi connectivity index (χ0n) is 12.9. The SMILES string of the molecule is CC(C(=O)N1CCc2ccccc21)S(=O)Cc1ccccc1F. The number of carbonyl (C=O) groups excluding carboxylic acids is 1. The summed E-state index contributed by atoms with van der Waals surface area (Å²) in [5.41, 5.74) is 2.41. The molecule has 1 amide bonds. The summed E-state index contributed by atoms with van der Waals surface area (Å²) in [6.45, 7) is 2.26. The van der Waals surface area contributed by atoms with Crippen LogP contribution in [0, 0.1) is 5.82 Å². The molecule has 0 N–H and O–H groups in total. The fourth-order valence-corrected chi connectivity index (χ4v) is 3.94. The first-order valence-corrected chi connectivity index (χ1v) is 8.96. The molecule has 0 radical (unpaired) electrons. The highest BCUT2D eigenvalue weighted by molar-refractivity contribution is 7.85. The van der Waals surface area contributed by atoms with Crippen molar-refractivity contribution in [3.63, 3.8) is 0 Å². The number of amides is 1. The molecule has 0 aliphatic carbocycles. The number of fused-ring (bicyclic) bond motifs is 1. The Morgan fingerprint density at radius 2 is 1.91 bits per heavy atom. The zero-order valence-corrected chi connectivity index (χ0v) is 13.7. The van der Waals surface area contributed by atoms with E-state index in [1.54, 1.807) is 30.0 Å². The monoisotopic (exact) mass is 331 g/mol. The molecule has 1 aliphatic rings. The van der Waals surface area contributed by atoms with Crippen molar-refractivity contribution in [1.82, 2.24) is 0 Å². The van der Waals surface area contributed by atoms with Gasteiger partial charge in [-0.15, -0.1) is 0 Å². The number of benzene rings is 2. The summed E-state index contributed by atoms with van der Waals surface area (Å²) in [5.74, 6) is -0.494. The number of anilines is 1. The number of hydrogen-bond acceptors (Lipinski definition) is 2. The van der Waals surface area contributed by atoms with Gasteiger partial charge in [-0.25, -0.2) is 4.39 Å². The van der Waals surface area contributed by atoms with Gasteiger partial charge in [-0.3, -0.25) is 9.00 Å². The van der Waals surface area contributed by atoms with Crippen molar-refractivity contribution in [2.45, 2.75) is 24.3 Å². The molecule has 2 aromatic carbocycles. The van der Waals surface area contributed by atoms with Gasteiger partial charge in [0.25, 0.3) is 0 Å². The van der Waals surface area contributed by atoms with Gasteiger partial charge in [-0.2, -0.15) is 0 Å². The van der Waals surface area contributed by atoms with E-state index in [-0.39, 0.29) is 17.5 Å². The maximum atomic E-state index is 13.7. The first kappa shape index (κ1) is 15.9.